The second-order valence-corrected chi connectivity index (χ2v) is 6.92. The molecule has 1 unspecified atom stereocenters. The molecular weight excluding hydrogens is 292 g/mol. The van der Waals surface area contributed by atoms with Crippen molar-refractivity contribution in [2.24, 2.45) is 5.84 Å². The fourth-order valence-corrected chi connectivity index (χ4v) is 2.99. The second-order valence-electron chi connectivity index (χ2n) is 5.97. The molecule has 1 aromatic carbocycles. The molecule has 6 heteroatoms. The molecule has 1 atom stereocenters. The number of thiazole rings is 1. The number of benzene rings is 1. The maximum Gasteiger partial charge on any atom is 0.159 e. The number of nitrogens with zero attached hydrogens (tertiary/aromatic N) is 1. The largest absolute Gasteiger partial charge is 0.271 e. The Kier molecular flexibility index (Phi) is 4.70. The lowest BCUT2D eigenvalue weighted by atomic mass is 9.93. The molecule has 1 aromatic heterocycles. The summed E-state index contributed by atoms with van der Waals surface area (Å²) < 4.78 is 26.3. The average Bonchev–Trinajstić information content (AvgIpc) is 2.88. The molecule has 0 radical (unpaired) electrons. The van der Waals surface area contributed by atoms with Crippen molar-refractivity contribution in [1.82, 2.24) is 10.4 Å². The van der Waals surface area contributed by atoms with E-state index in [9.17, 15) is 8.78 Å². The first-order valence-corrected chi connectivity index (χ1v) is 7.55. The highest BCUT2D eigenvalue weighted by atomic mass is 32.1. The highest BCUT2D eigenvalue weighted by molar-refractivity contribution is 7.09. The Labute approximate surface area is 127 Å². The fraction of sp³-hybridized carbons (Fsp3) is 0.400. The van der Waals surface area contributed by atoms with Crippen LogP contribution in [0.5, 0.6) is 0 Å². The Morgan fingerprint density at radius 2 is 2.00 bits per heavy atom. The van der Waals surface area contributed by atoms with Crippen LogP contribution in [0.2, 0.25) is 0 Å². The third-order valence-electron chi connectivity index (χ3n) is 3.25. The molecule has 2 rings (SSSR count). The van der Waals surface area contributed by atoms with Crippen LogP contribution in [0.4, 0.5) is 8.78 Å². The maximum absolute atomic E-state index is 13.3. The van der Waals surface area contributed by atoms with Crippen LogP contribution >= 0.6 is 11.3 Å². The van der Waals surface area contributed by atoms with Gasteiger partial charge in [-0.25, -0.2) is 13.8 Å². The van der Waals surface area contributed by atoms with Gasteiger partial charge in [0.05, 0.1) is 16.7 Å². The first-order valence-electron chi connectivity index (χ1n) is 6.67. The normalized spacial score (nSPS) is 13.4. The highest BCUT2D eigenvalue weighted by Gasteiger charge is 2.20. The molecule has 3 nitrogen and oxygen atoms in total. The predicted octanol–water partition coefficient (Wildman–Crippen LogP) is 3.47. The van der Waals surface area contributed by atoms with Crippen molar-refractivity contribution < 1.29 is 8.78 Å². The van der Waals surface area contributed by atoms with Gasteiger partial charge in [-0.3, -0.25) is 11.3 Å². The van der Waals surface area contributed by atoms with Gasteiger partial charge < -0.3 is 0 Å². The van der Waals surface area contributed by atoms with E-state index in [4.69, 9.17) is 5.84 Å². The fourth-order valence-electron chi connectivity index (χ4n) is 1.93. The summed E-state index contributed by atoms with van der Waals surface area (Å²) in [6.45, 7) is 6.29. The number of nitrogens with two attached hydrogens (primary N) is 1. The standard InChI is InChI=1S/C15H19F2N3S/c1-15(2,3)13-8-21-14(19-13)7-12(20-18)9-4-5-10(16)11(17)6-9/h4-6,8,12,20H,7,18H2,1-3H3. The number of nitrogens with one attached hydrogen (secondary N) is 1. The summed E-state index contributed by atoms with van der Waals surface area (Å²) >= 11 is 1.55. The van der Waals surface area contributed by atoms with Crippen LogP contribution in [0.15, 0.2) is 23.6 Å². The Hall–Kier alpha value is -1.37. The van der Waals surface area contributed by atoms with Gasteiger partial charge in [0.25, 0.3) is 0 Å². The zero-order valence-electron chi connectivity index (χ0n) is 12.3. The van der Waals surface area contributed by atoms with Gasteiger partial charge in [0.1, 0.15) is 0 Å². The summed E-state index contributed by atoms with van der Waals surface area (Å²) in [7, 11) is 0. The van der Waals surface area contributed by atoms with Crippen molar-refractivity contribution in [1.29, 1.82) is 0 Å². The molecule has 0 spiro atoms. The number of hydrazine groups is 1. The van der Waals surface area contributed by atoms with Crippen LogP contribution < -0.4 is 11.3 Å². The maximum atomic E-state index is 13.3. The first-order chi connectivity index (χ1) is 9.81. The molecule has 0 aliphatic rings. The van der Waals surface area contributed by atoms with Crippen molar-refractivity contribution in [2.75, 3.05) is 0 Å². The van der Waals surface area contributed by atoms with E-state index in [0.717, 1.165) is 22.8 Å². The number of hydrogen-bond donors (Lipinski definition) is 2. The molecule has 2 aromatic rings. The quantitative estimate of drug-likeness (QED) is 0.671. The van der Waals surface area contributed by atoms with E-state index in [-0.39, 0.29) is 11.5 Å². The Balaban J connectivity index is 2.19. The summed E-state index contributed by atoms with van der Waals surface area (Å²) in [5.74, 6) is 3.81. The van der Waals surface area contributed by atoms with Gasteiger partial charge in [-0.05, 0) is 17.7 Å². The van der Waals surface area contributed by atoms with E-state index < -0.39 is 11.6 Å². The number of aromatic nitrogens is 1. The molecule has 0 saturated carbocycles. The third-order valence-corrected chi connectivity index (χ3v) is 4.12. The van der Waals surface area contributed by atoms with Gasteiger partial charge in [0.15, 0.2) is 11.6 Å². The molecular formula is C15H19F2N3S. The van der Waals surface area contributed by atoms with Crippen molar-refractivity contribution in [3.05, 3.63) is 51.5 Å². The van der Waals surface area contributed by atoms with Gasteiger partial charge in [0, 0.05) is 17.2 Å². The van der Waals surface area contributed by atoms with E-state index in [2.05, 4.69) is 31.2 Å². The molecule has 0 bridgehead atoms. The second kappa shape index (κ2) is 6.17. The van der Waals surface area contributed by atoms with Crippen molar-refractivity contribution in [3.63, 3.8) is 0 Å². The van der Waals surface area contributed by atoms with Crippen LogP contribution in [0.25, 0.3) is 0 Å². The average molecular weight is 311 g/mol. The molecule has 21 heavy (non-hydrogen) atoms. The van der Waals surface area contributed by atoms with Crippen molar-refractivity contribution in [3.8, 4) is 0 Å². The molecule has 114 valence electrons. The van der Waals surface area contributed by atoms with E-state index in [0.29, 0.717) is 12.0 Å². The van der Waals surface area contributed by atoms with E-state index in [1.807, 2.05) is 5.38 Å². The number of rotatable bonds is 4. The lowest BCUT2D eigenvalue weighted by Crippen LogP contribution is -2.29. The van der Waals surface area contributed by atoms with E-state index in [1.54, 1.807) is 11.3 Å². The van der Waals surface area contributed by atoms with Crippen molar-refractivity contribution in [2.45, 2.75) is 38.6 Å². The Morgan fingerprint density at radius 3 is 2.52 bits per heavy atom. The van der Waals surface area contributed by atoms with Crippen LogP contribution in [-0.4, -0.2) is 4.98 Å². The van der Waals surface area contributed by atoms with E-state index in [1.165, 1.54) is 6.07 Å². The number of halogens is 2. The smallest absolute Gasteiger partial charge is 0.159 e. The van der Waals surface area contributed by atoms with Gasteiger partial charge in [-0.1, -0.05) is 26.8 Å². The minimum absolute atomic E-state index is 0.0115. The summed E-state index contributed by atoms with van der Waals surface area (Å²) in [6.07, 6.45) is 0.530. The van der Waals surface area contributed by atoms with Gasteiger partial charge in [0.2, 0.25) is 0 Å². The summed E-state index contributed by atoms with van der Waals surface area (Å²) in [5.41, 5.74) is 4.25. The van der Waals surface area contributed by atoms with Crippen LogP contribution in [0.1, 0.15) is 43.1 Å². The lowest BCUT2D eigenvalue weighted by Gasteiger charge is -2.16. The summed E-state index contributed by atoms with van der Waals surface area (Å²) in [6, 6.07) is 3.50. The van der Waals surface area contributed by atoms with Gasteiger partial charge in [-0.2, -0.15) is 0 Å². The SMILES string of the molecule is CC(C)(C)c1csc(CC(NN)c2ccc(F)c(F)c2)n1. The molecule has 3 N–H and O–H groups in total. The molecule has 1 heterocycles. The monoisotopic (exact) mass is 311 g/mol. The topological polar surface area (TPSA) is 50.9 Å². The van der Waals surface area contributed by atoms with Crippen LogP contribution in [0.3, 0.4) is 0 Å². The van der Waals surface area contributed by atoms with Crippen LogP contribution in [-0.2, 0) is 11.8 Å². The molecule has 0 saturated heterocycles. The minimum Gasteiger partial charge on any atom is -0.271 e. The third kappa shape index (κ3) is 3.84. The predicted molar refractivity (Wildman–Crippen MR) is 80.9 cm³/mol. The molecule has 0 aliphatic heterocycles. The van der Waals surface area contributed by atoms with Crippen molar-refractivity contribution >= 4 is 11.3 Å². The summed E-state index contributed by atoms with van der Waals surface area (Å²) in [5, 5.41) is 2.93. The molecule has 0 amide bonds. The van der Waals surface area contributed by atoms with Gasteiger partial charge in [-0.15, -0.1) is 11.3 Å². The van der Waals surface area contributed by atoms with Gasteiger partial charge >= 0.3 is 0 Å². The Bertz CT molecular complexity index is 620. The molecule has 0 aliphatic carbocycles. The zero-order chi connectivity index (χ0) is 15.6. The Morgan fingerprint density at radius 1 is 1.29 bits per heavy atom. The number of hydrogen-bond acceptors (Lipinski definition) is 4. The van der Waals surface area contributed by atoms with Crippen LogP contribution in [0, 0.1) is 11.6 Å². The highest BCUT2D eigenvalue weighted by Crippen LogP contribution is 2.27. The lowest BCUT2D eigenvalue weighted by molar-refractivity contribution is 0.496. The molecule has 0 fully saturated rings. The summed E-state index contributed by atoms with van der Waals surface area (Å²) in [4.78, 5) is 4.59. The minimum atomic E-state index is -0.873. The first kappa shape index (κ1) is 16.0. The van der Waals surface area contributed by atoms with E-state index >= 15 is 0 Å². The zero-order valence-corrected chi connectivity index (χ0v) is 13.1.